The van der Waals surface area contributed by atoms with E-state index < -0.39 is 21.4 Å². The molecule has 1 atom stereocenters. The normalized spacial score (nSPS) is 16.8. The maximum Gasteiger partial charge on any atom is 0.404 e. The molecule has 0 aliphatic carbocycles. The molecule has 0 aliphatic rings. The molecule has 10 heavy (non-hydrogen) atoms. The molecular weight excluding hydrogens is 203 g/mol. The van der Waals surface area contributed by atoms with Crippen LogP contribution in [0.2, 0.25) is 0 Å². The third kappa shape index (κ3) is 4.59. The van der Waals surface area contributed by atoms with Crippen LogP contribution in [0.25, 0.3) is 0 Å². The lowest BCUT2D eigenvalue weighted by atomic mass is 10.4. The summed E-state index contributed by atoms with van der Waals surface area (Å²) in [4.78, 5) is 0. The van der Waals surface area contributed by atoms with E-state index in [-0.39, 0.29) is 0 Å². The predicted molar refractivity (Wildman–Crippen MR) is 45.6 cm³/mol. The van der Waals surface area contributed by atoms with E-state index in [1.54, 1.807) is 0 Å². The average molecular weight is 211 g/mol. The Morgan fingerprint density at radius 1 is 1.40 bits per heavy atom. The second kappa shape index (κ2) is 3.99. The Morgan fingerprint density at radius 3 is 1.90 bits per heavy atom. The van der Waals surface area contributed by atoms with Crippen molar-refractivity contribution in [1.82, 2.24) is 4.72 Å². The lowest BCUT2D eigenvalue weighted by Gasteiger charge is -2.19. The minimum atomic E-state index is -4.20. The first kappa shape index (κ1) is 10.8. The number of hydrogen-bond acceptors (Lipinski definition) is 3. The van der Waals surface area contributed by atoms with Crippen LogP contribution in [0.15, 0.2) is 0 Å². The first-order valence-corrected chi connectivity index (χ1v) is 5.99. The summed E-state index contributed by atoms with van der Waals surface area (Å²) in [7, 11) is -1.29. The van der Waals surface area contributed by atoms with Crippen LogP contribution in [0.1, 0.15) is 6.92 Å². The molecule has 0 fully saturated rings. The van der Waals surface area contributed by atoms with Gasteiger partial charge in [-0.2, -0.15) is 13.2 Å². The molecule has 0 aliphatic heterocycles. The molecule has 0 radical (unpaired) electrons. The minimum Gasteiger partial charge on any atom is -0.256 e. The maximum absolute atomic E-state index is 11.7. The van der Waals surface area contributed by atoms with Crippen LogP contribution in [0.5, 0.6) is 0 Å². The Labute approximate surface area is 69.9 Å². The summed E-state index contributed by atoms with van der Waals surface area (Å²) in [6.45, 7) is 1.03. The second-order valence-electron chi connectivity index (χ2n) is 1.68. The predicted octanol–water partition coefficient (Wildman–Crippen LogP) is 2.13. The molecule has 0 heterocycles. The van der Waals surface area contributed by atoms with Gasteiger partial charge in [0, 0.05) is 0 Å². The van der Waals surface area contributed by atoms with Crippen LogP contribution in [-0.2, 0) is 0 Å². The fourth-order valence-electron chi connectivity index (χ4n) is 0.246. The van der Waals surface area contributed by atoms with E-state index in [9.17, 15) is 13.2 Å². The highest BCUT2D eigenvalue weighted by Gasteiger charge is 2.35. The van der Waals surface area contributed by atoms with Gasteiger partial charge in [0.1, 0.15) is 6.04 Å². The Bertz CT molecular complexity index is 104. The Hall–Kier alpha value is 0.800. The lowest BCUT2D eigenvalue weighted by Crippen LogP contribution is -2.36. The van der Waals surface area contributed by atoms with Crippen molar-refractivity contribution in [3.8, 4) is 0 Å². The van der Waals surface area contributed by atoms with Gasteiger partial charge in [-0.1, -0.05) is 0 Å². The van der Waals surface area contributed by atoms with Crippen LogP contribution in [0.4, 0.5) is 13.2 Å². The number of thiol groups is 3. The molecule has 0 amide bonds. The van der Waals surface area contributed by atoms with Gasteiger partial charge in [0.2, 0.25) is 0 Å². The third-order valence-corrected chi connectivity index (χ3v) is 2.11. The minimum absolute atomic E-state index is 1.03. The maximum atomic E-state index is 11.7. The average Bonchev–Trinajstić information content (AvgIpc) is 1.60. The summed E-state index contributed by atoms with van der Waals surface area (Å²) in [6, 6.07) is -1.53. The summed E-state index contributed by atoms with van der Waals surface area (Å²) < 4.78 is 37.2. The quantitative estimate of drug-likeness (QED) is 0.405. The van der Waals surface area contributed by atoms with Gasteiger partial charge in [0.25, 0.3) is 0 Å². The van der Waals surface area contributed by atoms with Gasteiger partial charge >= 0.3 is 6.18 Å². The standard InChI is InChI=1S/C3H8F3NS3/c1-2(3(4,5)6)7-10(8)9/h2,7-10H,1H3. The van der Waals surface area contributed by atoms with E-state index in [4.69, 9.17) is 0 Å². The largest absolute Gasteiger partial charge is 0.404 e. The molecule has 1 N–H and O–H groups in total. The lowest BCUT2D eigenvalue weighted by molar-refractivity contribution is -0.146. The van der Waals surface area contributed by atoms with Gasteiger partial charge in [-0.15, -0.1) is 32.5 Å². The molecule has 0 saturated heterocycles. The van der Waals surface area contributed by atoms with Crippen molar-refractivity contribution >= 4 is 32.5 Å². The summed E-state index contributed by atoms with van der Waals surface area (Å²) >= 11 is 7.37. The highest BCUT2D eigenvalue weighted by atomic mass is 33.5. The van der Waals surface area contributed by atoms with E-state index in [2.05, 4.69) is 28.0 Å². The Morgan fingerprint density at radius 2 is 1.80 bits per heavy atom. The van der Waals surface area contributed by atoms with Crippen LogP contribution >= 0.6 is 32.5 Å². The van der Waals surface area contributed by atoms with Gasteiger partial charge in [-0.3, -0.25) is 4.72 Å². The fraction of sp³-hybridized carbons (Fsp3) is 1.00. The van der Waals surface area contributed by atoms with E-state index in [1.165, 1.54) is 0 Å². The monoisotopic (exact) mass is 211 g/mol. The number of nitrogens with one attached hydrogen (secondary N) is 1. The van der Waals surface area contributed by atoms with Crippen molar-refractivity contribution in [2.45, 2.75) is 19.1 Å². The van der Waals surface area contributed by atoms with E-state index >= 15 is 0 Å². The fourth-order valence-corrected chi connectivity index (χ4v) is 1.78. The summed E-state index contributed by atoms with van der Waals surface area (Å²) in [6.07, 6.45) is -4.20. The molecule has 0 rings (SSSR count). The number of alkyl halides is 3. The molecule has 0 spiro atoms. The highest BCUT2D eigenvalue weighted by Crippen LogP contribution is 2.33. The topological polar surface area (TPSA) is 12.0 Å². The van der Waals surface area contributed by atoms with Crippen molar-refractivity contribution in [2.75, 3.05) is 0 Å². The van der Waals surface area contributed by atoms with Gasteiger partial charge in [0.15, 0.2) is 0 Å². The molecule has 7 heteroatoms. The third-order valence-electron chi connectivity index (χ3n) is 0.800. The number of rotatable bonds is 2. The molecule has 0 aromatic carbocycles. The van der Waals surface area contributed by atoms with Crippen LogP contribution < -0.4 is 4.72 Å². The highest BCUT2D eigenvalue weighted by molar-refractivity contribution is 9.08. The van der Waals surface area contributed by atoms with Crippen LogP contribution in [0.3, 0.4) is 0 Å². The zero-order valence-electron chi connectivity index (χ0n) is 5.05. The zero-order chi connectivity index (χ0) is 8.36. The van der Waals surface area contributed by atoms with Crippen molar-refractivity contribution in [3.05, 3.63) is 0 Å². The molecule has 64 valence electrons. The smallest absolute Gasteiger partial charge is 0.256 e. The zero-order valence-corrected chi connectivity index (χ0v) is 7.74. The first-order chi connectivity index (χ1) is 4.34. The van der Waals surface area contributed by atoms with Crippen molar-refractivity contribution in [1.29, 1.82) is 0 Å². The molecule has 1 nitrogen and oxygen atoms in total. The molecule has 0 aromatic heterocycles. The van der Waals surface area contributed by atoms with Crippen molar-refractivity contribution in [2.24, 2.45) is 0 Å². The summed E-state index contributed by atoms with van der Waals surface area (Å²) in [5, 5.41) is 0. The van der Waals surface area contributed by atoms with Crippen LogP contribution in [-0.4, -0.2) is 12.2 Å². The molecular formula is C3H8F3NS3. The molecule has 1 unspecified atom stereocenters. The van der Waals surface area contributed by atoms with Gasteiger partial charge in [-0.05, 0) is 6.92 Å². The van der Waals surface area contributed by atoms with E-state index in [0.29, 0.717) is 0 Å². The summed E-state index contributed by atoms with van der Waals surface area (Å²) in [5.41, 5.74) is 0. The van der Waals surface area contributed by atoms with Gasteiger partial charge < -0.3 is 0 Å². The van der Waals surface area contributed by atoms with E-state index in [1.807, 2.05) is 0 Å². The number of halogens is 3. The molecule has 0 saturated carbocycles. The Balaban J connectivity index is 3.73. The van der Waals surface area contributed by atoms with Crippen molar-refractivity contribution < 1.29 is 13.2 Å². The Kier molecular flexibility index (Phi) is 4.30. The second-order valence-corrected chi connectivity index (χ2v) is 5.87. The van der Waals surface area contributed by atoms with Gasteiger partial charge in [0.05, 0.1) is 0 Å². The first-order valence-electron chi connectivity index (χ1n) is 2.35. The molecule has 0 aromatic rings. The van der Waals surface area contributed by atoms with Crippen molar-refractivity contribution in [3.63, 3.8) is 0 Å². The number of hydrogen-bond donors (Lipinski definition) is 4. The van der Waals surface area contributed by atoms with Gasteiger partial charge in [-0.25, -0.2) is 0 Å². The van der Waals surface area contributed by atoms with Crippen LogP contribution in [0, 0.1) is 0 Å². The molecule has 0 bridgehead atoms. The van der Waals surface area contributed by atoms with E-state index in [0.717, 1.165) is 6.92 Å². The summed E-state index contributed by atoms with van der Waals surface area (Å²) in [5.74, 6) is 0. The SMILES string of the molecule is CC(N[SH](S)S)C(F)(F)F.